The second-order valence-electron chi connectivity index (χ2n) is 6.07. The number of hydrogen-bond acceptors (Lipinski definition) is 1. The Hall–Kier alpha value is -1.31. The fourth-order valence-electron chi connectivity index (χ4n) is 3.24. The number of ether oxygens (including phenoxy) is 1. The zero-order chi connectivity index (χ0) is 14.9. The van der Waals surface area contributed by atoms with Crippen LogP contribution in [0.3, 0.4) is 0 Å². The lowest BCUT2D eigenvalue weighted by Crippen LogP contribution is -2.13. The molecule has 1 aromatic carbocycles. The summed E-state index contributed by atoms with van der Waals surface area (Å²) in [7, 11) is 0. The quantitative estimate of drug-likeness (QED) is 0.597. The van der Waals surface area contributed by atoms with E-state index in [1.54, 1.807) is 6.08 Å². The van der Waals surface area contributed by atoms with Gasteiger partial charge in [-0.3, -0.25) is 0 Å². The van der Waals surface area contributed by atoms with Gasteiger partial charge in [-0.2, -0.15) is 0 Å². The van der Waals surface area contributed by atoms with Gasteiger partial charge in [-0.05, 0) is 74.5 Å². The van der Waals surface area contributed by atoms with E-state index in [4.69, 9.17) is 4.74 Å². The Morgan fingerprint density at radius 1 is 1.14 bits per heavy atom. The van der Waals surface area contributed by atoms with Crippen molar-refractivity contribution in [1.82, 2.24) is 0 Å². The maximum Gasteiger partial charge on any atom is 0.119 e. The van der Waals surface area contributed by atoms with Gasteiger partial charge in [0.2, 0.25) is 0 Å². The molecule has 1 aliphatic rings. The summed E-state index contributed by atoms with van der Waals surface area (Å²) in [6, 6.07) is 8.65. The van der Waals surface area contributed by atoms with Crippen molar-refractivity contribution in [2.45, 2.75) is 57.8 Å². The third-order valence-corrected chi connectivity index (χ3v) is 4.50. The molecule has 0 aliphatic heterocycles. The second kappa shape index (κ2) is 8.86. The van der Waals surface area contributed by atoms with Crippen molar-refractivity contribution in [3.8, 4) is 5.75 Å². The molecule has 0 atom stereocenters. The maximum absolute atomic E-state index is 12.0. The number of halogens is 1. The van der Waals surface area contributed by atoms with Crippen LogP contribution in [0.15, 0.2) is 36.7 Å². The van der Waals surface area contributed by atoms with Gasteiger partial charge in [0.1, 0.15) is 5.75 Å². The Labute approximate surface area is 128 Å². The van der Waals surface area contributed by atoms with E-state index >= 15 is 0 Å². The second-order valence-corrected chi connectivity index (χ2v) is 6.07. The topological polar surface area (TPSA) is 9.23 Å². The molecule has 0 spiro atoms. The van der Waals surface area contributed by atoms with Crippen LogP contribution in [0.2, 0.25) is 0 Å². The molecular weight excluding hydrogens is 263 g/mol. The summed E-state index contributed by atoms with van der Waals surface area (Å²) >= 11 is 0. The van der Waals surface area contributed by atoms with Gasteiger partial charge in [-0.25, -0.2) is 4.39 Å². The van der Waals surface area contributed by atoms with Crippen LogP contribution in [0.1, 0.15) is 63.4 Å². The molecule has 0 saturated heterocycles. The largest absolute Gasteiger partial charge is 0.494 e. The first-order valence-corrected chi connectivity index (χ1v) is 8.31. The van der Waals surface area contributed by atoms with Crippen molar-refractivity contribution in [2.75, 3.05) is 6.61 Å². The molecule has 0 heterocycles. The predicted octanol–water partition coefficient (Wildman–Crippen LogP) is 6.01. The molecule has 0 aromatic heterocycles. The van der Waals surface area contributed by atoms with Gasteiger partial charge in [0.15, 0.2) is 0 Å². The zero-order valence-corrected chi connectivity index (χ0v) is 13.1. The van der Waals surface area contributed by atoms with Gasteiger partial charge in [0, 0.05) is 0 Å². The van der Waals surface area contributed by atoms with Crippen LogP contribution in [0.5, 0.6) is 5.75 Å². The van der Waals surface area contributed by atoms with Crippen LogP contribution in [-0.4, -0.2) is 6.61 Å². The van der Waals surface area contributed by atoms with Crippen LogP contribution in [0, 0.1) is 5.92 Å². The van der Waals surface area contributed by atoms with Crippen molar-refractivity contribution in [3.63, 3.8) is 0 Å². The summed E-state index contributed by atoms with van der Waals surface area (Å²) in [5, 5.41) is 0. The molecule has 0 N–H and O–H groups in total. The SMILES string of the molecule is CCCOc1ccc([C@H]2CC[C@H](CC/C=C/F)CC2)cc1. The summed E-state index contributed by atoms with van der Waals surface area (Å²) in [6.45, 7) is 2.91. The first kappa shape index (κ1) is 16.1. The van der Waals surface area contributed by atoms with Crippen LogP contribution < -0.4 is 4.74 Å². The number of rotatable bonds is 7. The van der Waals surface area contributed by atoms with Gasteiger partial charge in [0.25, 0.3) is 0 Å². The van der Waals surface area contributed by atoms with Crippen molar-refractivity contribution in [2.24, 2.45) is 5.92 Å². The normalized spacial score (nSPS) is 22.6. The first-order valence-electron chi connectivity index (χ1n) is 8.31. The van der Waals surface area contributed by atoms with Crippen molar-refractivity contribution in [1.29, 1.82) is 0 Å². The average Bonchev–Trinajstić information content (AvgIpc) is 2.54. The molecular formula is C19H27FO. The highest BCUT2D eigenvalue weighted by Gasteiger charge is 2.21. The molecule has 1 fully saturated rings. The molecule has 1 saturated carbocycles. The molecule has 0 bridgehead atoms. The van der Waals surface area contributed by atoms with Crippen molar-refractivity contribution < 1.29 is 9.13 Å². The maximum atomic E-state index is 12.0. The number of hydrogen-bond donors (Lipinski definition) is 0. The summed E-state index contributed by atoms with van der Waals surface area (Å²) in [5.41, 5.74) is 1.45. The van der Waals surface area contributed by atoms with E-state index in [1.807, 2.05) is 0 Å². The summed E-state index contributed by atoms with van der Waals surface area (Å²) in [5.74, 6) is 2.45. The molecule has 2 heteroatoms. The minimum absolute atomic E-state index is 0.674. The third kappa shape index (κ3) is 5.18. The molecule has 116 valence electrons. The van der Waals surface area contributed by atoms with E-state index in [0.29, 0.717) is 12.2 Å². The monoisotopic (exact) mass is 290 g/mol. The highest BCUT2D eigenvalue weighted by atomic mass is 19.1. The standard InChI is InChI=1S/C19H27FO/c1-2-15-21-19-12-10-18(11-13-19)17-8-6-16(7-9-17)5-3-4-14-20/h4,10-14,16-17H,2-3,5-9,15H2,1H3/b14-4+/t16-,17-. The highest BCUT2D eigenvalue weighted by molar-refractivity contribution is 5.29. The molecule has 0 unspecified atom stereocenters. The summed E-state index contributed by atoms with van der Waals surface area (Å²) in [6.07, 6.45) is 10.5. The molecule has 1 aliphatic carbocycles. The Morgan fingerprint density at radius 3 is 2.48 bits per heavy atom. The Bertz CT molecular complexity index is 416. The molecule has 0 amide bonds. The van der Waals surface area contributed by atoms with Gasteiger partial charge in [-0.15, -0.1) is 0 Å². The van der Waals surface area contributed by atoms with Crippen LogP contribution >= 0.6 is 0 Å². The van der Waals surface area contributed by atoms with Gasteiger partial charge >= 0.3 is 0 Å². The predicted molar refractivity (Wildman–Crippen MR) is 86.4 cm³/mol. The van der Waals surface area contributed by atoms with Crippen LogP contribution in [0.4, 0.5) is 4.39 Å². The first-order chi connectivity index (χ1) is 10.3. The van der Waals surface area contributed by atoms with Gasteiger partial charge in [0.05, 0.1) is 12.9 Å². The van der Waals surface area contributed by atoms with E-state index in [9.17, 15) is 4.39 Å². The van der Waals surface area contributed by atoms with Crippen molar-refractivity contribution in [3.05, 3.63) is 42.2 Å². The van der Waals surface area contributed by atoms with Gasteiger partial charge in [-0.1, -0.05) is 25.1 Å². The fraction of sp³-hybridized carbons (Fsp3) is 0.579. The van der Waals surface area contributed by atoms with E-state index in [1.165, 1.54) is 31.2 Å². The summed E-state index contributed by atoms with van der Waals surface area (Å²) in [4.78, 5) is 0. The minimum atomic E-state index is 0.674. The van der Waals surface area contributed by atoms with E-state index in [0.717, 1.165) is 37.5 Å². The zero-order valence-electron chi connectivity index (χ0n) is 13.1. The smallest absolute Gasteiger partial charge is 0.119 e. The Balaban J connectivity index is 1.79. The van der Waals surface area contributed by atoms with Gasteiger partial charge < -0.3 is 4.74 Å². The lowest BCUT2D eigenvalue weighted by Gasteiger charge is -2.28. The Morgan fingerprint density at radius 2 is 1.86 bits per heavy atom. The lowest BCUT2D eigenvalue weighted by molar-refractivity contribution is 0.309. The van der Waals surface area contributed by atoms with Crippen LogP contribution in [0.25, 0.3) is 0 Å². The molecule has 2 rings (SSSR count). The number of benzene rings is 1. The highest BCUT2D eigenvalue weighted by Crippen LogP contribution is 2.37. The minimum Gasteiger partial charge on any atom is -0.494 e. The molecule has 21 heavy (non-hydrogen) atoms. The molecule has 1 aromatic rings. The van der Waals surface area contributed by atoms with Crippen molar-refractivity contribution >= 4 is 0 Å². The van der Waals surface area contributed by atoms with E-state index < -0.39 is 0 Å². The average molecular weight is 290 g/mol. The molecule has 0 radical (unpaired) electrons. The number of allylic oxidation sites excluding steroid dienone is 1. The lowest BCUT2D eigenvalue weighted by atomic mass is 9.77. The fourth-order valence-corrected chi connectivity index (χ4v) is 3.24. The molecule has 1 nitrogen and oxygen atoms in total. The van der Waals surface area contributed by atoms with Crippen LogP contribution in [-0.2, 0) is 0 Å². The Kier molecular flexibility index (Phi) is 6.78. The summed E-state index contributed by atoms with van der Waals surface area (Å²) < 4.78 is 17.6. The third-order valence-electron chi connectivity index (χ3n) is 4.50. The van der Waals surface area contributed by atoms with E-state index in [-0.39, 0.29) is 0 Å². The van der Waals surface area contributed by atoms with E-state index in [2.05, 4.69) is 31.2 Å².